The Morgan fingerprint density at radius 3 is 2.19 bits per heavy atom. The van der Waals surface area contributed by atoms with Crippen molar-refractivity contribution in [3.05, 3.63) is 28.8 Å². The van der Waals surface area contributed by atoms with Crippen molar-refractivity contribution in [2.24, 2.45) is 0 Å². The number of rotatable bonds is 3. The van der Waals surface area contributed by atoms with E-state index in [9.17, 15) is 0 Å². The first-order valence-corrected chi connectivity index (χ1v) is 8.60. The summed E-state index contributed by atoms with van der Waals surface area (Å²) in [6.07, 6.45) is 7.01. The number of hydrogen-bond donors (Lipinski definition) is 0. The Labute approximate surface area is 131 Å². The van der Waals surface area contributed by atoms with E-state index in [1.165, 1.54) is 48.8 Å². The summed E-state index contributed by atoms with van der Waals surface area (Å²) in [6.45, 7) is 13.4. The molecule has 0 N–H and O–H groups in total. The van der Waals surface area contributed by atoms with E-state index < -0.39 is 0 Å². The molecule has 1 heteroatoms. The van der Waals surface area contributed by atoms with Gasteiger partial charge in [0.15, 0.2) is 0 Å². The highest BCUT2D eigenvalue weighted by molar-refractivity contribution is 5.46. The fourth-order valence-corrected chi connectivity index (χ4v) is 3.59. The van der Waals surface area contributed by atoms with E-state index in [0.29, 0.717) is 5.92 Å². The van der Waals surface area contributed by atoms with E-state index in [4.69, 9.17) is 4.74 Å². The lowest BCUT2D eigenvalue weighted by atomic mass is 9.78. The highest BCUT2D eigenvalue weighted by Crippen LogP contribution is 2.41. The van der Waals surface area contributed by atoms with Crippen molar-refractivity contribution in [3.8, 4) is 5.75 Å². The summed E-state index contributed by atoms with van der Waals surface area (Å²) in [6, 6.07) is 4.73. The zero-order valence-corrected chi connectivity index (χ0v) is 14.8. The standard InChI is InChI=1S/C20H32O/c1-14(2)21-19-12-15(3)18(20(4,5)6)13-17(19)16-10-8-7-9-11-16/h12-14,16H,7-11H2,1-6H3. The van der Waals surface area contributed by atoms with Crippen LogP contribution in [0.4, 0.5) is 0 Å². The summed E-state index contributed by atoms with van der Waals surface area (Å²) in [7, 11) is 0. The van der Waals surface area contributed by atoms with Gasteiger partial charge in [-0.1, -0.05) is 46.1 Å². The van der Waals surface area contributed by atoms with Gasteiger partial charge in [0.25, 0.3) is 0 Å². The van der Waals surface area contributed by atoms with E-state index in [1.807, 2.05) is 0 Å². The molecule has 118 valence electrons. The lowest BCUT2D eigenvalue weighted by Crippen LogP contribution is -2.17. The van der Waals surface area contributed by atoms with Crippen LogP contribution in [0.1, 0.15) is 89.3 Å². The zero-order chi connectivity index (χ0) is 15.6. The third kappa shape index (κ3) is 4.02. The van der Waals surface area contributed by atoms with Gasteiger partial charge in [-0.2, -0.15) is 0 Å². The average molecular weight is 288 g/mol. The van der Waals surface area contributed by atoms with Crippen LogP contribution in [0, 0.1) is 6.92 Å². The van der Waals surface area contributed by atoms with Crippen molar-refractivity contribution < 1.29 is 4.74 Å². The minimum atomic E-state index is 0.198. The molecular formula is C20H32O. The summed E-state index contributed by atoms with van der Waals surface area (Å²) < 4.78 is 6.15. The van der Waals surface area contributed by atoms with Gasteiger partial charge in [0.1, 0.15) is 5.75 Å². The van der Waals surface area contributed by atoms with Crippen LogP contribution in [-0.2, 0) is 5.41 Å². The van der Waals surface area contributed by atoms with Gasteiger partial charge in [0.2, 0.25) is 0 Å². The van der Waals surface area contributed by atoms with Crippen LogP contribution in [0.5, 0.6) is 5.75 Å². The van der Waals surface area contributed by atoms with Crippen molar-refractivity contribution in [1.29, 1.82) is 0 Å². The minimum Gasteiger partial charge on any atom is -0.491 e. The SMILES string of the molecule is Cc1cc(OC(C)C)c(C2CCCCC2)cc1C(C)(C)C. The second kappa shape index (κ2) is 6.42. The van der Waals surface area contributed by atoms with Crippen molar-refractivity contribution in [3.63, 3.8) is 0 Å². The summed E-state index contributed by atoms with van der Waals surface area (Å²) in [4.78, 5) is 0. The second-order valence-corrected chi connectivity index (χ2v) is 7.96. The molecule has 0 heterocycles. The highest BCUT2D eigenvalue weighted by atomic mass is 16.5. The maximum absolute atomic E-state index is 6.15. The number of ether oxygens (including phenoxy) is 1. The molecule has 0 saturated heterocycles. The zero-order valence-electron chi connectivity index (χ0n) is 14.8. The fraction of sp³-hybridized carbons (Fsp3) is 0.700. The molecule has 1 nitrogen and oxygen atoms in total. The third-order valence-electron chi connectivity index (χ3n) is 4.57. The van der Waals surface area contributed by atoms with E-state index in [-0.39, 0.29) is 11.5 Å². The fourth-order valence-electron chi connectivity index (χ4n) is 3.59. The van der Waals surface area contributed by atoms with E-state index in [1.54, 1.807) is 0 Å². The first kappa shape index (κ1) is 16.4. The summed E-state index contributed by atoms with van der Waals surface area (Å²) in [5, 5.41) is 0. The molecule has 0 radical (unpaired) electrons. The van der Waals surface area contributed by atoms with Gasteiger partial charge in [-0.3, -0.25) is 0 Å². The van der Waals surface area contributed by atoms with E-state index in [2.05, 4.69) is 53.7 Å². The average Bonchev–Trinajstić information content (AvgIpc) is 2.37. The molecule has 0 bridgehead atoms. The minimum absolute atomic E-state index is 0.198. The topological polar surface area (TPSA) is 9.23 Å². The van der Waals surface area contributed by atoms with Crippen LogP contribution in [0.15, 0.2) is 12.1 Å². The Bertz CT molecular complexity index is 473. The van der Waals surface area contributed by atoms with Gasteiger partial charge in [0, 0.05) is 0 Å². The Balaban J connectivity index is 2.46. The molecule has 0 aromatic heterocycles. The van der Waals surface area contributed by atoms with Crippen LogP contribution in [0.25, 0.3) is 0 Å². The Hall–Kier alpha value is -0.980. The second-order valence-electron chi connectivity index (χ2n) is 7.96. The number of aryl methyl sites for hydroxylation is 1. The lowest BCUT2D eigenvalue weighted by Gasteiger charge is -2.29. The van der Waals surface area contributed by atoms with Crippen molar-refractivity contribution >= 4 is 0 Å². The van der Waals surface area contributed by atoms with E-state index >= 15 is 0 Å². The molecule has 21 heavy (non-hydrogen) atoms. The van der Waals surface area contributed by atoms with Gasteiger partial charge in [-0.25, -0.2) is 0 Å². The molecule has 1 aliphatic carbocycles. The predicted octanol–water partition coefficient (Wildman–Crippen LogP) is 6.13. The molecular weight excluding hydrogens is 256 g/mol. The van der Waals surface area contributed by atoms with Gasteiger partial charge < -0.3 is 4.74 Å². The third-order valence-corrected chi connectivity index (χ3v) is 4.57. The van der Waals surface area contributed by atoms with Gasteiger partial charge >= 0.3 is 0 Å². The molecule has 1 aromatic rings. The predicted molar refractivity (Wildman–Crippen MR) is 91.5 cm³/mol. The molecule has 1 aromatic carbocycles. The maximum Gasteiger partial charge on any atom is 0.123 e. The van der Waals surface area contributed by atoms with Crippen molar-refractivity contribution in [2.75, 3.05) is 0 Å². The monoisotopic (exact) mass is 288 g/mol. The summed E-state index contributed by atoms with van der Waals surface area (Å²) >= 11 is 0. The largest absolute Gasteiger partial charge is 0.491 e. The van der Waals surface area contributed by atoms with E-state index in [0.717, 1.165) is 5.75 Å². The molecule has 2 rings (SSSR count). The van der Waals surface area contributed by atoms with Crippen LogP contribution in [0.3, 0.4) is 0 Å². The Morgan fingerprint density at radius 2 is 1.67 bits per heavy atom. The maximum atomic E-state index is 6.15. The van der Waals surface area contributed by atoms with Gasteiger partial charge in [-0.05, 0) is 67.7 Å². The Kier molecular flexibility index (Phi) is 5.01. The summed E-state index contributed by atoms with van der Waals surface area (Å²) in [5.41, 5.74) is 4.49. The quantitative estimate of drug-likeness (QED) is 0.650. The molecule has 1 fully saturated rings. The van der Waals surface area contributed by atoms with Crippen molar-refractivity contribution in [2.45, 2.75) is 91.1 Å². The van der Waals surface area contributed by atoms with Crippen LogP contribution < -0.4 is 4.74 Å². The van der Waals surface area contributed by atoms with Gasteiger partial charge in [0.05, 0.1) is 6.10 Å². The molecule has 1 saturated carbocycles. The van der Waals surface area contributed by atoms with Crippen LogP contribution in [0.2, 0.25) is 0 Å². The molecule has 0 aliphatic heterocycles. The molecule has 0 unspecified atom stereocenters. The number of benzene rings is 1. The smallest absolute Gasteiger partial charge is 0.123 e. The first-order valence-electron chi connectivity index (χ1n) is 8.60. The van der Waals surface area contributed by atoms with Crippen molar-refractivity contribution in [1.82, 2.24) is 0 Å². The van der Waals surface area contributed by atoms with Crippen LogP contribution >= 0.6 is 0 Å². The number of hydrogen-bond acceptors (Lipinski definition) is 1. The molecule has 0 atom stereocenters. The van der Waals surface area contributed by atoms with Gasteiger partial charge in [-0.15, -0.1) is 0 Å². The first-order chi connectivity index (χ1) is 9.79. The lowest BCUT2D eigenvalue weighted by molar-refractivity contribution is 0.236. The molecule has 1 aliphatic rings. The normalized spacial score (nSPS) is 17.3. The summed E-state index contributed by atoms with van der Waals surface area (Å²) in [5.74, 6) is 1.82. The van der Waals surface area contributed by atoms with Crippen LogP contribution in [-0.4, -0.2) is 6.10 Å². The molecule has 0 spiro atoms. The Morgan fingerprint density at radius 1 is 1.05 bits per heavy atom. The highest BCUT2D eigenvalue weighted by Gasteiger charge is 2.24. The molecule has 0 amide bonds.